The highest BCUT2D eigenvalue weighted by atomic mass is 16.5. The molecule has 0 aromatic heterocycles. The van der Waals surface area contributed by atoms with Gasteiger partial charge < -0.3 is 20.1 Å². The van der Waals surface area contributed by atoms with E-state index in [1.54, 1.807) is 12.1 Å². The summed E-state index contributed by atoms with van der Waals surface area (Å²) >= 11 is 0. The Bertz CT molecular complexity index is 338. The normalized spacial score (nSPS) is 14.5. The van der Waals surface area contributed by atoms with Crippen molar-refractivity contribution in [2.75, 3.05) is 13.7 Å². The van der Waals surface area contributed by atoms with Crippen LogP contribution in [-0.4, -0.2) is 29.0 Å². The van der Waals surface area contributed by atoms with Gasteiger partial charge in [-0.25, -0.2) is 0 Å². The predicted octanol–water partition coefficient (Wildman–Crippen LogP) is 1.45. The van der Waals surface area contributed by atoms with E-state index < -0.39 is 6.10 Å². The van der Waals surface area contributed by atoms with Gasteiger partial charge in [0.2, 0.25) is 0 Å². The van der Waals surface area contributed by atoms with Crippen LogP contribution in [0.1, 0.15) is 25.0 Å². The molecule has 0 saturated carbocycles. The minimum absolute atomic E-state index is 0.00949. The van der Waals surface area contributed by atoms with E-state index >= 15 is 0 Å². The Hall–Kier alpha value is -1.26. The molecule has 3 N–H and O–H groups in total. The topological polar surface area (TPSA) is 69.9 Å². The molecule has 0 amide bonds. The van der Waals surface area contributed by atoms with Gasteiger partial charge in [0.25, 0.3) is 0 Å². The van der Waals surface area contributed by atoms with Crippen molar-refractivity contribution < 1.29 is 20.1 Å². The highest BCUT2D eigenvalue weighted by Gasteiger charge is 2.17. The highest BCUT2D eigenvalue weighted by molar-refractivity contribution is 5.42. The van der Waals surface area contributed by atoms with Gasteiger partial charge in [0.05, 0.1) is 13.2 Å². The van der Waals surface area contributed by atoms with Crippen LogP contribution >= 0.6 is 0 Å². The van der Waals surface area contributed by atoms with Crippen LogP contribution in [0.4, 0.5) is 0 Å². The van der Waals surface area contributed by atoms with Crippen molar-refractivity contribution in [1.82, 2.24) is 0 Å². The fourth-order valence-corrected chi connectivity index (χ4v) is 1.58. The Morgan fingerprint density at radius 3 is 2.56 bits per heavy atom. The summed E-state index contributed by atoms with van der Waals surface area (Å²) in [7, 11) is 1.47. The molecular weight excluding hydrogens is 208 g/mol. The van der Waals surface area contributed by atoms with Gasteiger partial charge >= 0.3 is 0 Å². The SMILES string of the molecule is COc1ccc([C@@H](O)[C@@H](C)CCO)cc1O. The number of aromatic hydroxyl groups is 1. The lowest BCUT2D eigenvalue weighted by Gasteiger charge is -2.18. The van der Waals surface area contributed by atoms with Crippen molar-refractivity contribution in [1.29, 1.82) is 0 Å². The van der Waals surface area contributed by atoms with Crippen molar-refractivity contribution in [2.45, 2.75) is 19.4 Å². The molecule has 2 atom stereocenters. The van der Waals surface area contributed by atoms with Crippen LogP contribution in [0, 0.1) is 5.92 Å². The van der Waals surface area contributed by atoms with Gasteiger partial charge in [-0.2, -0.15) is 0 Å². The maximum atomic E-state index is 9.95. The van der Waals surface area contributed by atoms with E-state index in [1.807, 2.05) is 6.92 Å². The number of hydrogen-bond donors (Lipinski definition) is 3. The minimum atomic E-state index is -0.691. The van der Waals surface area contributed by atoms with Crippen LogP contribution in [0.3, 0.4) is 0 Å². The number of methoxy groups -OCH3 is 1. The Morgan fingerprint density at radius 1 is 1.38 bits per heavy atom. The number of phenols is 1. The first-order valence-corrected chi connectivity index (χ1v) is 5.26. The molecule has 0 aliphatic carbocycles. The van der Waals surface area contributed by atoms with Crippen molar-refractivity contribution in [3.05, 3.63) is 23.8 Å². The van der Waals surface area contributed by atoms with Crippen molar-refractivity contribution in [3.8, 4) is 11.5 Å². The largest absolute Gasteiger partial charge is 0.504 e. The van der Waals surface area contributed by atoms with Gasteiger partial charge in [0, 0.05) is 6.61 Å². The second-order valence-electron chi connectivity index (χ2n) is 3.87. The number of rotatable bonds is 5. The zero-order valence-electron chi connectivity index (χ0n) is 9.55. The molecule has 0 bridgehead atoms. The fourth-order valence-electron chi connectivity index (χ4n) is 1.58. The Kier molecular flexibility index (Phi) is 4.58. The van der Waals surface area contributed by atoms with Gasteiger partial charge in [-0.1, -0.05) is 13.0 Å². The summed E-state index contributed by atoms with van der Waals surface area (Å²) in [5, 5.41) is 28.3. The Balaban J connectivity index is 2.84. The summed E-state index contributed by atoms with van der Waals surface area (Å²) < 4.78 is 4.92. The van der Waals surface area contributed by atoms with E-state index in [0.717, 1.165) is 0 Å². The lowest BCUT2D eigenvalue weighted by atomic mass is 9.95. The molecule has 1 aromatic carbocycles. The van der Waals surface area contributed by atoms with Crippen LogP contribution in [0.25, 0.3) is 0 Å². The first-order chi connectivity index (χ1) is 7.60. The Morgan fingerprint density at radius 2 is 2.06 bits per heavy atom. The van der Waals surface area contributed by atoms with E-state index in [9.17, 15) is 10.2 Å². The van der Waals surface area contributed by atoms with Gasteiger partial charge in [0.15, 0.2) is 11.5 Å². The van der Waals surface area contributed by atoms with E-state index in [2.05, 4.69) is 0 Å². The van der Waals surface area contributed by atoms with Crippen molar-refractivity contribution in [3.63, 3.8) is 0 Å². The molecular formula is C12H18O4. The lowest BCUT2D eigenvalue weighted by Crippen LogP contribution is -2.10. The van der Waals surface area contributed by atoms with Gasteiger partial charge in [-0.15, -0.1) is 0 Å². The molecule has 1 aromatic rings. The third-order valence-corrected chi connectivity index (χ3v) is 2.67. The van der Waals surface area contributed by atoms with E-state index in [-0.39, 0.29) is 18.3 Å². The molecule has 0 aliphatic heterocycles. The van der Waals surface area contributed by atoms with E-state index in [1.165, 1.54) is 13.2 Å². The standard InChI is InChI=1S/C12H18O4/c1-8(5-6-13)12(15)9-3-4-11(16-2)10(14)7-9/h3-4,7-8,12-15H,5-6H2,1-2H3/t8-,12-/m0/s1. The smallest absolute Gasteiger partial charge is 0.160 e. The van der Waals surface area contributed by atoms with Crippen LogP contribution < -0.4 is 4.74 Å². The summed E-state index contributed by atoms with van der Waals surface area (Å²) in [5.41, 5.74) is 0.624. The van der Waals surface area contributed by atoms with Crippen LogP contribution in [0.15, 0.2) is 18.2 Å². The zero-order chi connectivity index (χ0) is 12.1. The summed E-state index contributed by atoms with van der Waals surface area (Å²) in [6.07, 6.45) is -0.169. The Labute approximate surface area is 95.1 Å². The summed E-state index contributed by atoms with van der Waals surface area (Å²) in [6, 6.07) is 4.80. The average molecular weight is 226 g/mol. The lowest BCUT2D eigenvalue weighted by molar-refractivity contribution is 0.0988. The third kappa shape index (κ3) is 2.87. The number of benzene rings is 1. The molecule has 16 heavy (non-hydrogen) atoms. The number of ether oxygens (including phenoxy) is 1. The van der Waals surface area contributed by atoms with Gasteiger partial charge in [0.1, 0.15) is 0 Å². The molecule has 4 nitrogen and oxygen atoms in total. The monoisotopic (exact) mass is 226 g/mol. The second kappa shape index (κ2) is 5.72. The summed E-state index contributed by atoms with van der Waals surface area (Å²) in [4.78, 5) is 0. The average Bonchev–Trinajstić information content (AvgIpc) is 2.28. The fraction of sp³-hybridized carbons (Fsp3) is 0.500. The third-order valence-electron chi connectivity index (χ3n) is 2.67. The van der Waals surface area contributed by atoms with E-state index in [0.29, 0.717) is 17.7 Å². The first kappa shape index (κ1) is 12.8. The quantitative estimate of drug-likeness (QED) is 0.710. The maximum Gasteiger partial charge on any atom is 0.160 e. The molecule has 0 spiro atoms. The van der Waals surface area contributed by atoms with E-state index in [4.69, 9.17) is 9.84 Å². The first-order valence-electron chi connectivity index (χ1n) is 5.26. The van der Waals surface area contributed by atoms with Crippen LogP contribution in [-0.2, 0) is 0 Å². The molecule has 0 unspecified atom stereocenters. The number of aliphatic hydroxyl groups excluding tert-OH is 2. The van der Waals surface area contributed by atoms with Gasteiger partial charge in [-0.05, 0) is 30.0 Å². The highest BCUT2D eigenvalue weighted by Crippen LogP contribution is 2.32. The van der Waals surface area contributed by atoms with Crippen LogP contribution in [0.2, 0.25) is 0 Å². The zero-order valence-corrected chi connectivity index (χ0v) is 9.55. The molecule has 90 valence electrons. The molecule has 0 fully saturated rings. The molecule has 0 radical (unpaired) electrons. The van der Waals surface area contributed by atoms with Gasteiger partial charge in [-0.3, -0.25) is 0 Å². The maximum absolute atomic E-state index is 9.95. The second-order valence-corrected chi connectivity index (χ2v) is 3.87. The number of aliphatic hydroxyl groups is 2. The molecule has 0 heterocycles. The number of phenolic OH excluding ortho intramolecular Hbond substituents is 1. The minimum Gasteiger partial charge on any atom is -0.504 e. The van der Waals surface area contributed by atoms with Crippen molar-refractivity contribution >= 4 is 0 Å². The molecule has 4 heteroatoms. The molecule has 0 aliphatic rings. The van der Waals surface area contributed by atoms with Crippen molar-refractivity contribution in [2.24, 2.45) is 5.92 Å². The predicted molar refractivity (Wildman–Crippen MR) is 60.5 cm³/mol. The molecule has 0 saturated heterocycles. The molecule has 1 rings (SSSR count). The number of hydrogen-bond acceptors (Lipinski definition) is 4. The summed E-state index contributed by atoms with van der Waals surface area (Å²) in [6.45, 7) is 1.89. The summed E-state index contributed by atoms with van der Waals surface area (Å²) in [5.74, 6) is 0.332. The van der Waals surface area contributed by atoms with Crippen LogP contribution in [0.5, 0.6) is 11.5 Å².